The number of aliphatic carboxylic acids is 1. The van der Waals surface area contributed by atoms with Crippen molar-refractivity contribution in [3.8, 4) is 0 Å². The van der Waals surface area contributed by atoms with Crippen molar-refractivity contribution in [2.75, 3.05) is 0 Å². The van der Waals surface area contributed by atoms with Gasteiger partial charge in [-0.05, 0) is 5.92 Å². The van der Waals surface area contributed by atoms with E-state index >= 15 is 0 Å². The Balaban J connectivity index is 0.00000196. The Morgan fingerprint density at radius 1 is 1.53 bits per heavy atom. The number of carboxylic acid groups (broad SMARTS) is 1. The molecule has 6 nitrogen and oxygen atoms in total. The fraction of sp³-hybridized carbons (Fsp3) is 0.889. The van der Waals surface area contributed by atoms with Gasteiger partial charge in [0.25, 0.3) is 0 Å². The lowest BCUT2D eigenvalue weighted by molar-refractivity contribution is -0.534. The molecular formula is C9H17NO5. The van der Waals surface area contributed by atoms with Gasteiger partial charge < -0.3 is 10.2 Å². The summed E-state index contributed by atoms with van der Waals surface area (Å²) in [4.78, 5) is 20.2. The molecule has 1 aliphatic carbocycles. The Morgan fingerprint density at radius 2 is 2.07 bits per heavy atom. The monoisotopic (exact) mass is 219 g/mol. The molecule has 15 heavy (non-hydrogen) atoms. The van der Waals surface area contributed by atoms with Crippen LogP contribution in [0.3, 0.4) is 0 Å². The molecule has 0 saturated heterocycles. The standard InChI is InChI=1S/C8H13NO5.CH4/c10-7(8(11)12)6(9(13)14)4-5-2-1-3-5;/h5-7,10H,1-4H2,(H,11,12);1H4/t6-,7+;/m0./s1. The normalized spacial score (nSPS) is 19.5. The number of nitro groups is 1. The molecule has 0 bridgehead atoms. The average molecular weight is 219 g/mol. The van der Waals surface area contributed by atoms with Crippen molar-refractivity contribution in [1.29, 1.82) is 0 Å². The maximum atomic E-state index is 10.5. The molecule has 0 aliphatic heterocycles. The number of hydrogen-bond donors (Lipinski definition) is 2. The number of carboxylic acids is 1. The molecule has 0 unspecified atom stereocenters. The van der Waals surface area contributed by atoms with Crippen LogP contribution in [0.15, 0.2) is 0 Å². The van der Waals surface area contributed by atoms with Crippen molar-refractivity contribution in [2.45, 2.75) is 45.3 Å². The summed E-state index contributed by atoms with van der Waals surface area (Å²) in [5.41, 5.74) is 0. The molecule has 1 aliphatic rings. The lowest BCUT2D eigenvalue weighted by Crippen LogP contribution is -2.41. The first-order valence-corrected chi connectivity index (χ1v) is 4.56. The van der Waals surface area contributed by atoms with Gasteiger partial charge in [-0.1, -0.05) is 26.7 Å². The Labute approximate surface area is 88.1 Å². The minimum Gasteiger partial charge on any atom is -0.479 e. The molecule has 0 heterocycles. The molecule has 2 N–H and O–H groups in total. The van der Waals surface area contributed by atoms with Crippen LogP contribution in [-0.4, -0.2) is 33.3 Å². The van der Waals surface area contributed by atoms with Crippen LogP contribution in [0.2, 0.25) is 0 Å². The molecular weight excluding hydrogens is 202 g/mol. The van der Waals surface area contributed by atoms with E-state index in [9.17, 15) is 14.9 Å². The van der Waals surface area contributed by atoms with Gasteiger partial charge >= 0.3 is 5.97 Å². The van der Waals surface area contributed by atoms with Crippen LogP contribution in [-0.2, 0) is 4.79 Å². The molecule has 0 aromatic carbocycles. The van der Waals surface area contributed by atoms with Crippen LogP contribution in [0.5, 0.6) is 0 Å². The summed E-state index contributed by atoms with van der Waals surface area (Å²) in [5.74, 6) is -1.31. The Hall–Kier alpha value is -1.17. The highest BCUT2D eigenvalue weighted by molar-refractivity contribution is 5.72. The van der Waals surface area contributed by atoms with E-state index in [1.807, 2.05) is 0 Å². The predicted molar refractivity (Wildman–Crippen MR) is 53.1 cm³/mol. The van der Waals surface area contributed by atoms with E-state index in [-0.39, 0.29) is 19.8 Å². The van der Waals surface area contributed by atoms with Crippen molar-refractivity contribution in [2.24, 2.45) is 5.92 Å². The summed E-state index contributed by atoms with van der Waals surface area (Å²) in [6.45, 7) is 0. The molecule has 1 saturated carbocycles. The van der Waals surface area contributed by atoms with Gasteiger partial charge in [-0.15, -0.1) is 0 Å². The fourth-order valence-corrected chi connectivity index (χ4v) is 1.56. The van der Waals surface area contributed by atoms with E-state index in [1.54, 1.807) is 0 Å². The van der Waals surface area contributed by atoms with Crippen LogP contribution in [0, 0.1) is 16.0 Å². The molecule has 0 radical (unpaired) electrons. The Kier molecular flexibility index (Phi) is 5.21. The first-order valence-electron chi connectivity index (χ1n) is 4.56. The topological polar surface area (TPSA) is 101 Å². The van der Waals surface area contributed by atoms with E-state index in [0.29, 0.717) is 0 Å². The Morgan fingerprint density at radius 3 is 2.33 bits per heavy atom. The molecule has 0 spiro atoms. The van der Waals surface area contributed by atoms with Gasteiger partial charge in [-0.3, -0.25) is 10.1 Å². The van der Waals surface area contributed by atoms with Gasteiger partial charge in [0.05, 0.1) is 0 Å². The number of aliphatic hydroxyl groups is 1. The van der Waals surface area contributed by atoms with Gasteiger partial charge in [0.2, 0.25) is 12.1 Å². The molecule has 1 fully saturated rings. The summed E-state index contributed by atoms with van der Waals surface area (Å²) < 4.78 is 0. The quantitative estimate of drug-likeness (QED) is 0.528. The molecule has 1 rings (SSSR count). The second-order valence-electron chi connectivity index (χ2n) is 3.67. The smallest absolute Gasteiger partial charge is 0.339 e. The highest BCUT2D eigenvalue weighted by atomic mass is 16.6. The summed E-state index contributed by atoms with van der Waals surface area (Å²) in [6.07, 6.45) is 1.12. The predicted octanol–water partition coefficient (Wildman–Crippen LogP) is 0.904. The fourth-order valence-electron chi connectivity index (χ4n) is 1.56. The number of aliphatic hydroxyl groups excluding tert-OH is 1. The molecule has 0 aromatic rings. The van der Waals surface area contributed by atoms with Crippen molar-refractivity contribution >= 4 is 5.97 Å². The third-order valence-corrected chi connectivity index (χ3v) is 2.69. The highest BCUT2D eigenvalue weighted by Gasteiger charge is 2.38. The summed E-state index contributed by atoms with van der Waals surface area (Å²) >= 11 is 0. The number of carbonyl (C=O) groups is 1. The van der Waals surface area contributed by atoms with E-state index < -0.39 is 23.0 Å². The number of rotatable bonds is 5. The van der Waals surface area contributed by atoms with Crippen molar-refractivity contribution in [3.63, 3.8) is 0 Å². The summed E-state index contributed by atoms with van der Waals surface area (Å²) in [5, 5.41) is 28.0. The van der Waals surface area contributed by atoms with Crippen LogP contribution in [0.1, 0.15) is 33.1 Å². The molecule has 6 heteroatoms. The molecule has 0 aromatic heterocycles. The third-order valence-electron chi connectivity index (χ3n) is 2.69. The molecule has 2 atom stereocenters. The molecule has 88 valence electrons. The number of nitrogens with zero attached hydrogens (tertiary/aromatic N) is 1. The van der Waals surface area contributed by atoms with E-state index in [2.05, 4.69) is 0 Å². The lowest BCUT2D eigenvalue weighted by Gasteiger charge is -2.26. The van der Waals surface area contributed by atoms with Crippen molar-refractivity contribution in [3.05, 3.63) is 10.1 Å². The van der Waals surface area contributed by atoms with Gasteiger partial charge in [0.15, 0.2) is 0 Å². The van der Waals surface area contributed by atoms with Crippen molar-refractivity contribution < 1.29 is 19.9 Å². The zero-order valence-electron chi connectivity index (χ0n) is 7.63. The minimum atomic E-state index is -1.88. The van der Waals surface area contributed by atoms with Gasteiger partial charge in [-0.25, -0.2) is 4.79 Å². The maximum Gasteiger partial charge on any atom is 0.339 e. The second-order valence-corrected chi connectivity index (χ2v) is 3.67. The zero-order chi connectivity index (χ0) is 10.7. The van der Waals surface area contributed by atoms with Gasteiger partial charge in [0, 0.05) is 11.3 Å². The second kappa shape index (κ2) is 5.65. The number of hydrogen-bond acceptors (Lipinski definition) is 4. The third kappa shape index (κ3) is 3.47. The van der Waals surface area contributed by atoms with Crippen LogP contribution in [0.25, 0.3) is 0 Å². The maximum absolute atomic E-state index is 10.5. The van der Waals surface area contributed by atoms with E-state index in [0.717, 1.165) is 19.3 Å². The first kappa shape index (κ1) is 13.8. The van der Waals surface area contributed by atoms with Gasteiger partial charge in [-0.2, -0.15) is 0 Å². The molecule has 0 amide bonds. The Bertz CT molecular complexity index is 239. The van der Waals surface area contributed by atoms with Crippen molar-refractivity contribution in [1.82, 2.24) is 0 Å². The van der Waals surface area contributed by atoms with Crippen LogP contribution in [0.4, 0.5) is 0 Å². The minimum absolute atomic E-state index is 0. The summed E-state index contributed by atoms with van der Waals surface area (Å²) in [6, 6.07) is -1.36. The van der Waals surface area contributed by atoms with E-state index in [4.69, 9.17) is 10.2 Å². The van der Waals surface area contributed by atoms with Gasteiger partial charge in [0.1, 0.15) is 0 Å². The highest BCUT2D eigenvalue weighted by Crippen LogP contribution is 2.31. The zero-order valence-corrected chi connectivity index (χ0v) is 7.63. The van der Waals surface area contributed by atoms with Crippen LogP contribution >= 0.6 is 0 Å². The average Bonchev–Trinajstić information content (AvgIpc) is 2.00. The van der Waals surface area contributed by atoms with Crippen LogP contribution < -0.4 is 0 Å². The largest absolute Gasteiger partial charge is 0.479 e. The lowest BCUT2D eigenvalue weighted by atomic mass is 9.80. The first-order chi connectivity index (χ1) is 6.52. The van der Waals surface area contributed by atoms with E-state index in [1.165, 1.54) is 0 Å². The SMILES string of the molecule is C.O=C(O)[C@H](O)[C@H](CC1CCC1)[N+](=O)[O-]. The summed E-state index contributed by atoms with van der Waals surface area (Å²) in [7, 11) is 0.